The van der Waals surface area contributed by atoms with Gasteiger partial charge in [0.1, 0.15) is 5.82 Å². The van der Waals surface area contributed by atoms with Gasteiger partial charge in [-0.25, -0.2) is 9.37 Å². The van der Waals surface area contributed by atoms with Crippen LogP contribution in [0.3, 0.4) is 0 Å². The minimum atomic E-state index is -0.432. The lowest BCUT2D eigenvalue weighted by Crippen LogP contribution is -2.38. The number of ether oxygens (including phenoxy) is 1. The first-order valence-corrected chi connectivity index (χ1v) is 11.5. The number of piperidine rings is 1. The van der Waals surface area contributed by atoms with Crippen LogP contribution in [0.15, 0.2) is 41.2 Å². The summed E-state index contributed by atoms with van der Waals surface area (Å²) in [6, 6.07) is 12.4. The average Bonchev–Trinajstić information content (AvgIpc) is 2.87. The number of nitriles is 1. The van der Waals surface area contributed by atoms with Crippen molar-refractivity contribution in [3.63, 3.8) is 0 Å². The maximum atomic E-state index is 15.1. The van der Waals surface area contributed by atoms with E-state index in [0.29, 0.717) is 49.0 Å². The first kappa shape index (κ1) is 21.4. The van der Waals surface area contributed by atoms with Crippen molar-refractivity contribution >= 4 is 22.5 Å². The molecule has 2 aliphatic heterocycles. The van der Waals surface area contributed by atoms with Gasteiger partial charge < -0.3 is 14.5 Å². The largest absolute Gasteiger partial charge is 0.378 e. The van der Waals surface area contributed by atoms with E-state index in [2.05, 4.69) is 11.0 Å². The summed E-state index contributed by atoms with van der Waals surface area (Å²) in [5, 5.41) is 9.77. The smallest absolute Gasteiger partial charge is 0.263 e. The Morgan fingerprint density at radius 2 is 1.79 bits per heavy atom. The molecular formula is C25H26FN5O2. The number of rotatable bonds is 4. The van der Waals surface area contributed by atoms with Crippen molar-refractivity contribution in [1.82, 2.24) is 9.55 Å². The number of morpholine rings is 1. The van der Waals surface area contributed by atoms with Gasteiger partial charge in [0.05, 0.1) is 48.0 Å². The first-order chi connectivity index (χ1) is 16.2. The first-order valence-electron chi connectivity index (χ1n) is 11.5. The zero-order valence-corrected chi connectivity index (χ0v) is 18.5. The van der Waals surface area contributed by atoms with Crippen LogP contribution in [-0.4, -0.2) is 48.9 Å². The van der Waals surface area contributed by atoms with E-state index in [0.717, 1.165) is 37.9 Å². The number of hydrogen-bond donors (Lipinski definition) is 0. The maximum absolute atomic E-state index is 15.1. The van der Waals surface area contributed by atoms with E-state index in [1.165, 1.54) is 6.07 Å². The van der Waals surface area contributed by atoms with Crippen molar-refractivity contribution in [1.29, 1.82) is 5.26 Å². The van der Waals surface area contributed by atoms with Crippen molar-refractivity contribution in [2.24, 2.45) is 0 Å². The standard InChI is InChI=1S/C25H26FN5O2/c26-21-14-20-22(15-23(21)29-10-12-33-13-11-29)28-25(30-8-4-1-5-9-30)31(24(20)32)17-19-7-3-2-6-18(19)16-27/h2-3,6-7,14-15H,1,4-5,8-13,17H2. The van der Waals surface area contributed by atoms with Gasteiger partial charge >= 0.3 is 0 Å². The fourth-order valence-electron chi connectivity index (χ4n) is 4.68. The van der Waals surface area contributed by atoms with Crippen molar-refractivity contribution in [3.05, 3.63) is 63.7 Å². The SMILES string of the molecule is N#Cc1ccccc1Cn1c(N2CCCCC2)nc2cc(N3CCOCC3)c(F)cc2c1=O. The van der Waals surface area contributed by atoms with Crippen LogP contribution in [0.2, 0.25) is 0 Å². The van der Waals surface area contributed by atoms with Gasteiger partial charge in [0.2, 0.25) is 5.95 Å². The number of aromatic nitrogens is 2. The molecule has 33 heavy (non-hydrogen) atoms. The van der Waals surface area contributed by atoms with E-state index in [4.69, 9.17) is 9.72 Å². The molecule has 3 heterocycles. The van der Waals surface area contributed by atoms with Gasteiger partial charge in [-0.05, 0) is 43.0 Å². The van der Waals surface area contributed by atoms with Gasteiger partial charge in [-0.3, -0.25) is 9.36 Å². The van der Waals surface area contributed by atoms with Crippen molar-refractivity contribution in [2.75, 3.05) is 49.2 Å². The molecule has 5 rings (SSSR count). The van der Waals surface area contributed by atoms with Crippen LogP contribution in [0.1, 0.15) is 30.4 Å². The highest BCUT2D eigenvalue weighted by Crippen LogP contribution is 2.27. The second-order valence-electron chi connectivity index (χ2n) is 8.54. The Hall–Kier alpha value is -3.44. The minimum absolute atomic E-state index is 0.212. The number of hydrogen-bond acceptors (Lipinski definition) is 6. The Balaban J connectivity index is 1.66. The molecule has 170 valence electrons. The highest BCUT2D eigenvalue weighted by Gasteiger charge is 2.23. The Kier molecular flexibility index (Phi) is 5.97. The molecule has 0 radical (unpaired) electrons. The second-order valence-corrected chi connectivity index (χ2v) is 8.54. The summed E-state index contributed by atoms with van der Waals surface area (Å²) in [5.41, 5.74) is 1.92. The van der Waals surface area contributed by atoms with Gasteiger partial charge in [-0.2, -0.15) is 5.26 Å². The summed E-state index contributed by atoms with van der Waals surface area (Å²) in [5.74, 6) is 0.150. The lowest BCUT2D eigenvalue weighted by Gasteiger charge is -2.31. The summed E-state index contributed by atoms with van der Waals surface area (Å²) < 4.78 is 22.1. The van der Waals surface area contributed by atoms with Crippen molar-refractivity contribution in [3.8, 4) is 6.07 Å². The third-order valence-electron chi connectivity index (χ3n) is 6.46. The lowest BCUT2D eigenvalue weighted by atomic mass is 10.1. The van der Waals surface area contributed by atoms with Crippen LogP contribution in [0.5, 0.6) is 0 Å². The normalized spacial score (nSPS) is 16.7. The molecule has 2 fully saturated rings. The minimum Gasteiger partial charge on any atom is -0.378 e. The quantitative estimate of drug-likeness (QED) is 0.611. The summed E-state index contributed by atoms with van der Waals surface area (Å²) in [6.07, 6.45) is 3.22. The van der Waals surface area contributed by atoms with E-state index in [1.54, 1.807) is 22.8 Å². The van der Waals surface area contributed by atoms with E-state index in [-0.39, 0.29) is 17.5 Å². The topological polar surface area (TPSA) is 74.4 Å². The Labute approximate surface area is 191 Å². The summed E-state index contributed by atoms with van der Waals surface area (Å²) in [7, 11) is 0. The van der Waals surface area contributed by atoms with Crippen LogP contribution in [0.25, 0.3) is 10.9 Å². The fraction of sp³-hybridized carbons (Fsp3) is 0.400. The molecule has 7 nitrogen and oxygen atoms in total. The van der Waals surface area contributed by atoms with Gasteiger partial charge in [0.15, 0.2) is 0 Å². The van der Waals surface area contributed by atoms with Crippen LogP contribution >= 0.6 is 0 Å². The molecule has 0 saturated carbocycles. The molecule has 0 N–H and O–H groups in total. The van der Waals surface area contributed by atoms with Gasteiger partial charge in [-0.1, -0.05) is 18.2 Å². The van der Waals surface area contributed by atoms with Crippen molar-refractivity contribution < 1.29 is 9.13 Å². The summed E-state index contributed by atoms with van der Waals surface area (Å²) >= 11 is 0. The van der Waals surface area contributed by atoms with Gasteiger partial charge in [-0.15, -0.1) is 0 Å². The average molecular weight is 448 g/mol. The molecule has 0 unspecified atom stereocenters. The molecule has 2 aliphatic rings. The van der Waals surface area contributed by atoms with E-state index in [1.807, 2.05) is 17.0 Å². The number of nitrogens with zero attached hydrogens (tertiary/aromatic N) is 5. The van der Waals surface area contributed by atoms with Gasteiger partial charge in [0.25, 0.3) is 5.56 Å². The highest BCUT2D eigenvalue weighted by atomic mass is 19.1. The second kappa shape index (κ2) is 9.20. The van der Waals surface area contributed by atoms with Crippen molar-refractivity contribution in [2.45, 2.75) is 25.8 Å². The summed E-state index contributed by atoms with van der Waals surface area (Å²) in [6.45, 7) is 4.13. The maximum Gasteiger partial charge on any atom is 0.263 e. The third-order valence-corrected chi connectivity index (χ3v) is 6.46. The molecule has 0 amide bonds. The predicted octanol–water partition coefficient (Wildman–Crippen LogP) is 3.28. The Bertz CT molecular complexity index is 1270. The van der Waals surface area contributed by atoms with Crippen LogP contribution in [-0.2, 0) is 11.3 Å². The molecule has 0 bridgehead atoms. The number of anilines is 2. The zero-order chi connectivity index (χ0) is 22.8. The van der Waals surface area contributed by atoms with Crippen LogP contribution in [0, 0.1) is 17.1 Å². The molecule has 2 aromatic carbocycles. The van der Waals surface area contributed by atoms with E-state index < -0.39 is 5.82 Å². The molecule has 1 aromatic heterocycles. The van der Waals surface area contributed by atoms with Gasteiger partial charge in [0, 0.05) is 26.2 Å². The fourth-order valence-corrected chi connectivity index (χ4v) is 4.68. The molecule has 2 saturated heterocycles. The number of benzene rings is 2. The summed E-state index contributed by atoms with van der Waals surface area (Å²) in [4.78, 5) is 22.6. The molecule has 0 spiro atoms. The van der Waals surface area contributed by atoms with Crippen LogP contribution < -0.4 is 15.4 Å². The highest BCUT2D eigenvalue weighted by molar-refractivity contribution is 5.83. The molecule has 3 aromatic rings. The monoisotopic (exact) mass is 447 g/mol. The van der Waals surface area contributed by atoms with E-state index in [9.17, 15) is 10.1 Å². The third kappa shape index (κ3) is 4.16. The predicted molar refractivity (Wildman–Crippen MR) is 125 cm³/mol. The molecule has 0 atom stereocenters. The Morgan fingerprint density at radius 1 is 1.03 bits per heavy atom. The molecule has 8 heteroatoms. The van der Waals surface area contributed by atoms with E-state index >= 15 is 4.39 Å². The molecule has 0 aliphatic carbocycles. The Morgan fingerprint density at radius 3 is 2.55 bits per heavy atom. The molecular weight excluding hydrogens is 421 g/mol. The van der Waals surface area contributed by atoms with Crippen LogP contribution in [0.4, 0.5) is 16.0 Å². The number of halogens is 1. The zero-order valence-electron chi connectivity index (χ0n) is 18.5. The lowest BCUT2D eigenvalue weighted by molar-refractivity contribution is 0.122. The number of fused-ring (bicyclic) bond motifs is 1.